The van der Waals surface area contributed by atoms with Crippen molar-refractivity contribution in [1.29, 1.82) is 0 Å². The van der Waals surface area contributed by atoms with Crippen LogP contribution in [0.4, 0.5) is 0 Å². The molecule has 0 spiro atoms. The summed E-state index contributed by atoms with van der Waals surface area (Å²) in [6.07, 6.45) is 0. The Hall–Kier alpha value is -1.37. The highest BCUT2D eigenvalue weighted by molar-refractivity contribution is 9.10. The van der Waals surface area contributed by atoms with E-state index in [1.54, 1.807) is 11.8 Å². The Morgan fingerprint density at radius 2 is 1.96 bits per heavy atom. The number of thioether (sulfide) groups is 1. The monoisotopic (exact) mass is 441 g/mol. The summed E-state index contributed by atoms with van der Waals surface area (Å²) >= 11 is 11.0. The number of hydrogen-bond acceptors (Lipinski definition) is 4. The van der Waals surface area contributed by atoms with Gasteiger partial charge in [0.25, 0.3) is 0 Å². The quantitative estimate of drug-likeness (QED) is 0.688. The van der Waals surface area contributed by atoms with Crippen molar-refractivity contribution >= 4 is 45.2 Å². The zero-order chi connectivity index (χ0) is 17.8. The molecule has 0 bridgehead atoms. The summed E-state index contributed by atoms with van der Waals surface area (Å²) < 4.78 is 11.7. The predicted octanol–water partition coefficient (Wildman–Crippen LogP) is 4.94. The van der Waals surface area contributed by atoms with Crippen molar-refractivity contribution in [2.24, 2.45) is 0 Å². The first-order chi connectivity index (χ1) is 12.0. The van der Waals surface area contributed by atoms with Gasteiger partial charge >= 0.3 is 0 Å². The Morgan fingerprint density at radius 1 is 1.28 bits per heavy atom. The van der Waals surface area contributed by atoms with Crippen LogP contribution in [0.15, 0.2) is 40.9 Å². The van der Waals surface area contributed by atoms with Crippen molar-refractivity contribution in [3.05, 3.63) is 57.0 Å². The highest BCUT2D eigenvalue weighted by atomic mass is 79.9. The number of amides is 1. The molecule has 0 saturated carbocycles. The lowest BCUT2D eigenvalue weighted by atomic mass is 10.1. The van der Waals surface area contributed by atoms with Gasteiger partial charge in [-0.2, -0.15) is 0 Å². The number of benzene rings is 2. The van der Waals surface area contributed by atoms with Crippen LogP contribution >= 0.6 is 39.3 Å². The standard InChI is InChI=1S/C18H17BrClNO3S/c1-11(12-2-4-14(20)5-3-12)21-18(22)9-25-8-13-6-16-17(7-15(13)19)24-10-23-16/h2-7,11H,8-10H2,1H3,(H,21,22)/t11-/m0/s1. The third-order valence-corrected chi connectivity index (χ3v) is 5.75. The fraction of sp³-hybridized carbons (Fsp3) is 0.278. The molecule has 132 valence electrons. The van der Waals surface area contributed by atoms with E-state index in [2.05, 4.69) is 21.2 Å². The molecule has 0 aliphatic carbocycles. The van der Waals surface area contributed by atoms with E-state index in [4.69, 9.17) is 21.1 Å². The maximum absolute atomic E-state index is 12.1. The number of hydrogen-bond donors (Lipinski definition) is 1. The van der Waals surface area contributed by atoms with Crippen molar-refractivity contribution in [3.8, 4) is 11.5 Å². The molecule has 1 aliphatic heterocycles. The average Bonchev–Trinajstić information content (AvgIpc) is 3.02. The molecule has 2 aromatic rings. The van der Waals surface area contributed by atoms with E-state index in [0.717, 1.165) is 27.1 Å². The van der Waals surface area contributed by atoms with Crippen LogP contribution in [0.2, 0.25) is 5.02 Å². The lowest BCUT2D eigenvalue weighted by Gasteiger charge is -2.14. The minimum atomic E-state index is -0.0531. The smallest absolute Gasteiger partial charge is 0.231 e. The van der Waals surface area contributed by atoms with E-state index in [1.807, 2.05) is 43.3 Å². The number of ether oxygens (including phenoxy) is 2. The van der Waals surface area contributed by atoms with Gasteiger partial charge in [0.2, 0.25) is 12.7 Å². The molecule has 25 heavy (non-hydrogen) atoms. The van der Waals surface area contributed by atoms with E-state index in [-0.39, 0.29) is 18.7 Å². The normalized spacial score (nSPS) is 13.6. The molecule has 0 unspecified atom stereocenters. The molecular weight excluding hydrogens is 426 g/mol. The van der Waals surface area contributed by atoms with Crippen molar-refractivity contribution in [3.63, 3.8) is 0 Å². The van der Waals surface area contributed by atoms with Crippen molar-refractivity contribution in [2.75, 3.05) is 12.5 Å². The lowest BCUT2D eigenvalue weighted by molar-refractivity contribution is -0.119. The molecule has 4 nitrogen and oxygen atoms in total. The topological polar surface area (TPSA) is 47.6 Å². The second-order valence-electron chi connectivity index (χ2n) is 5.63. The molecule has 1 atom stereocenters. The molecule has 1 amide bonds. The zero-order valence-corrected chi connectivity index (χ0v) is 16.7. The summed E-state index contributed by atoms with van der Waals surface area (Å²) in [4.78, 5) is 12.1. The Labute approximate surface area is 164 Å². The van der Waals surface area contributed by atoms with Crippen LogP contribution < -0.4 is 14.8 Å². The molecule has 0 radical (unpaired) electrons. The number of carbonyl (C=O) groups is 1. The van der Waals surface area contributed by atoms with Gasteiger partial charge < -0.3 is 14.8 Å². The van der Waals surface area contributed by atoms with Crippen LogP contribution in [0.25, 0.3) is 0 Å². The summed E-state index contributed by atoms with van der Waals surface area (Å²) in [6, 6.07) is 11.3. The molecule has 3 rings (SSSR count). The van der Waals surface area contributed by atoms with Gasteiger partial charge in [-0.3, -0.25) is 4.79 Å². The third-order valence-electron chi connectivity index (χ3n) is 3.78. The molecule has 1 N–H and O–H groups in total. The molecule has 0 saturated heterocycles. The Morgan fingerprint density at radius 3 is 2.68 bits per heavy atom. The fourth-order valence-electron chi connectivity index (χ4n) is 2.44. The summed E-state index contributed by atoms with van der Waals surface area (Å²) in [5.41, 5.74) is 2.11. The highest BCUT2D eigenvalue weighted by Gasteiger charge is 2.16. The first-order valence-corrected chi connectivity index (χ1v) is 10.1. The second-order valence-corrected chi connectivity index (χ2v) is 7.91. The van der Waals surface area contributed by atoms with Gasteiger partial charge in [-0.25, -0.2) is 0 Å². The maximum Gasteiger partial charge on any atom is 0.231 e. The summed E-state index contributed by atoms with van der Waals surface area (Å²) in [6.45, 7) is 2.21. The maximum atomic E-state index is 12.1. The van der Waals surface area contributed by atoms with Gasteiger partial charge in [-0.1, -0.05) is 39.7 Å². The number of halogens is 2. The number of fused-ring (bicyclic) bond motifs is 1. The Bertz CT molecular complexity index is 770. The van der Waals surface area contributed by atoms with Crippen LogP contribution in [0, 0.1) is 0 Å². The number of nitrogens with one attached hydrogen (secondary N) is 1. The minimum absolute atomic E-state index is 0.00400. The average molecular weight is 443 g/mol. The van der Waals surface area contributed by atoms with E-state index in [1.165, 1.54) is 0 Å². The lowest BCUT2D eigenvalue weighted by Crippen LogP contribution is -2.28. The third kappa shape index (κ3) is 4.84. The van der Waals surface area contributed by atoms with E-state index in [9.17, 15) is 4.79 Å². The van der Waals surface area contributed by atoms with Crippen LogP contribution in [0.1, 0.15) is 24.1 Å². The SMILES string of the molecule is C[C@H](NC(=O)CSCc1cc2c(cc1Br)OCO2)c1ccc(Cl)cc1. The largest absolute Gasteiger partial charge is 0.454 e. The number of rotatable bonds is 6. The molecule has 0 fully saturated rings. The van der Waals surface area contributed by atoms with Crippen LogP contribution in [-0.2, 0) is 10.5 Å². The fourth-order valence-corrected chi connectivity index (χ4v) is 4.05. The molecule has 1 aliphatic rings. The Balaban J connectivity index is 1.49. The van der Waals surface area contributed by atoms with Gasteiger partial charge in [0.1, 0.15) is 0 Å². The van der Waals surface area contributed by atoms with Crippen LogP contribution in [-0.4, -0.2) is 18.5 Å². The van der Waals surface area contributed by atoms with Crippen molar-refractivity contribution in [2.45, 2.75) is 18.7 Å². The number of carbonyl (C=O) groups excluding carboxylic acids is 1. The van der Waals surface area contributed by atoms with Crippen LogP contribution in [0.5, 0.6) is 11.5 Å². The van der Waals surface area contributed by atoms with Gasteiger partial charge in [0.15, 0.2) is 11.5 Å². The van der Waals surface area contributed by atoms with E-state index >= 15 is 0 Å². The molecule has 7 heteroatoms. The molecule has 0 aromatic heterocycles. The van der Waals surface area contributed by atoms with Crippen molar-refractivity contribution in [1.82, 2.24) is 5.32 Å². The zero-order valence-electron chi connectivity index (χ0n) is 13.6. The summed E-state index contributed by atoms with van der Waals surface area (Å²) in [5.74, 6) is 2.60. The molecule has 1 heterocycles. The second kappa shape index (κ2) is 8.34. The molecular formula is C18H17BrClNO3S. The Kier molecular flexibility index (Phi) is 6.15. The van der Waals surface area contributed by atoms with Gasteiger partial charge in [0.05, 0.1) is 11.8 Å². The first-order valence-electron chi connectivity index (χ1n) is 7.73. The predicted molar refractivity (Wildman–Crippen MR) is 104 cm³/mol. The van der Waals surface area contributed by atoms with Gasteiger partial charge in [-0.15, -0.1) is 11.8 Å². The van der Waals surface area contributed by atoms with E-state index in [0.29, 0.717) is 16.5 Å². The van der Waals surface area contributed by atoms with Gasteiger partial charge in [-0.05, 0) is 42.3 Å². The first kappa shape index (κ1) is 18.4. The van der Waals surface area contributed by atoms with Crippen molar-refractivity contribution < 1.29 is 14.3 Å². The molecule has 2 aromatic carbocycles. The van der Waals surface area contributed by atoms with Crippen LogP contribution in [0.3, 0.4) is 0 Å². The summed E-state index contributed by atoms with van der Waals surface area (Å²) in [5, 5.41) is 3.69. The van der Waals surface area contributed by atoms with E-state index < -0.39 is 0 Å². The minimum Gasteiger partial charge on any atom is -0.454 e. The van der Waals surface area contributed by atoms with Gasteiger partial charge in [0, 0.05) is 15.2 Å². The highest BCUT2D eigenvalue weighted by Crippen LogP contribution is 2.38. The summed E-state index contributed by atoms with van der Waals surface area (Å²) in [7, 11) is 0.